The number of benzene rings is 2. The Morgan fingerprint density at radius 1 is 1.28 bits per heavy atom. The van der Waals surface area contributed by atoms with Gasteiger partial charge in [-0.05, 0) is 25.1 Å². The monoisotopic (exact) mass is 366 g/mol. The molecule has 2 aromatic carbocycles. The van der Waals surface area contributed by atoms with E-state index in [9.17, 15) is 18.0 Å². The van der Waals surface area contributed by atoms with Crippen LogP contribution in [-0.2, 0) is 17.3 Å². The first-order valence-electron chi connectivity index (χ1n) is 7.51. The quantitative estimate of drug-likeness (QED) is 0.660. The molecule has 0 aliphatic rings. The van der Waals surface area contributed by atoms with E-state index in [1.165, 1.54) is 35.0 Å². The minimum Gasteiger partial charge on any atom is -0.293 e. The zero-order valence-corrected chi connectivity index (χ0v) is 14.2. The minimum absolute atomic E-state index is 0.00899. The second-order valence-electron chi connectivity index (χ2n) is 5.81. The molecule has 3 aromatic rings. The number of rotatable bonds is 4. The third kappa shape index (κ3) is 3.02. The third-order valence-electron chi connectivity index (χ3n) is 4.11. The molecular formula is C18H14ClF3N2O. The fourth-order valence-electron chi connectivity index (χ4n) is 2.69. The number of fused-ring (bicyclic) bond motifs is 1. The number of carbonyl (C=O) groups excluding carboxylic acids is 1. The van der Waals surface area contributed by atoms with Crippen molar-refractivity contribution < 1.29 is 18.0 Å². The summed E-state index contributed by atoms with van der Waals surface area (Å²) in [7, 11) is 0. The van der Waals surface area contributed by atoms with Crippen molar-refractivity contribution in [3.05, 3.63) is 64.1 Å². The summed E-state index contributed by atoms with van der Waals surface area (Å²) in [4.78, 5) is 11.2. The van der Waals surface area contributed by atoms with Crippen molar-refractivity contribution in [2.24, 2.45) is 0 Å². The van der Waals surface area contributed by atoms with Crippen LogP contribution in [0, 0.1) is 12.7 Å². The van der Waals surface area contributed by atoms with Gasteiger partial charge < -0.3 is 0 Å². The van der Waals surface area contributed by atoms with Crippen molar-refractivity contribution in [2.75, 3.05) is 0 Å². The SMILES string of the molecule is CC(=O)C(F)(F)c1ccc2c(C)nn(Cc3c(F)cccc3Cl)c2c1. The number of carbonyl (C=O) groups is 1. The van der Waals surface area contributed by atoms with Crippen molar-refractivity contribution >= 4 is 28.3 Å². The van der Waals surface area contributed by atoms with Crippen LogP contribution in [0.4, 0.5) is 13.2 Å². The molecule has 0 aliphatic heterocycles. The summed E-state index contributed by atoms with van der Waals surface area (Å²) in [6, 6.07) is 8.22. The van der Waals surface area contributed by atoms with Crippen LogP contribution < -0.4 is 0 Å². The highest BCUT2D eigenvalue weighted by Gasteiger charge is 2.37. The van der Waals surface area contributed by atoms with Gasteiger partial charge in [-0.3, -0.25) is 9.48 Å². The summed E-state index contributed by atoms with van der Waals surface area (Å²) in [6.45, 7) is 2.56. The molecule has 0 bridgehead atoms. The van der Waals surface area contributed by atoms with Crippen LogP contribution in [0.5, 0.6) is 0 Å². The van der Waals surface area contributed by atoms with E-state index < -0.39 is 23.1 Å². The number of hydrogen-bond acceptors (Lipinski definition) is 2. The van der Waals surface area contributed by atoms with E-state index in [0.717, 1.165) is 6.92 Å². The lowest BCUT2D eigenvalue weighted by Gasteiger charge is -2.14. The van der Waals surface area contributed by atoms with Crippen molar-refractivity contribution in [1.82, 2.24) is 9.78 Å². The number of aromatic nitrogens is 2. The predicted molar refractivity (Wildman–Crippen MR) is 89.6 cm³/mol. The number of halogens is 4. The van der Waals surface area contributed by atoms with Gasteiger partial charge in [0.05, 0.1) is 17.8 Å². The van der Waals surface area contributed by atoms with E-state index in [2.05, 4.69) is 5.10 Å². The molecule has 0 N–H and O–H groups in total. The smallest absolute Gasteiger partial charge is 0.293 e. The van der Waals surface area contributed by atoms with Gasteiger partial charge >= 0.3 is 5.92 Å². The molecule has 0 saturated heterocycles. The standard InChI is InChI=1S/C18H14ClF3N2O/c1-10-13-7-6-12(18(21,22)11(2)25)8-17(13)24(23-10)9-14-15(19)4-3-5-16(14)20/h3-8H,9H2,1-2H3. The molecule has 3 rings (SSSR count). The molecule has 0 amide bonds. The Hall–Kier alpha value is -2.34. The molecule has 7 heteroatoms. The van der Waals surface area contributed by atoms with Crippen LogP contribution in [0.1, 0.15) is 23.7 Å². The Bertz CT molecular complexity index is 962. The van der Waals surface area contributed by atoms with Gasteiger partial charge in [0, 0.05) is 28.5 Å². The number of Topliss-reactive ketones (excluding diaryl/α,β-unsaturated/α-hetero) is 1. The molecule has 0 saturated carbocycles. The molecule has 0 radical (unpaired) electrons. The number of alkyl halides is 2. The molecule has 0 spiro atoms. The number of nitrogens with zero attached hydrogens (tertiary/aromatic N) is 2. The normalized spacial score (nSPS) is 11.9. The average Bonchev–Trinajstić information content (AvgIpc) is 2.86. The second-order valence-corrected chi connectivity index (χ2v) is 6.21. The fourth-order valence-corrected chi connectivity index (χ4v) is 2.91. The first-order chi connectivity index (χ1) is 11.7. The van der Waals surface area contributed by atoms with Gasteiger partial charge in [-0.2, -0.15) is 13.9 Å². The maximum Gasteiger partial charge on any atom is 0.330 e. The zero-order chi connectivity index (χ0) is 18.4. The lowest BCUT2D eigenvalue weighted by atomic mass is 10.0. The lowest BCUT2D eigenvalue weighted by molar-refractivity contribution is -0.141. The maximum absolute atomic E-state index is 14.0. The van der Waals surface area contributed by atoms with Gasteiger partial charge in [-0.1, -0.05) is 29.8 Å². The summed E-state index contributed by atoms with van der Waals surface area (Å²) in [5, 5.41) is 5.17. The molecule has 1 heterocycles. The highest BCUT2D eigenvalue weighted by Crippen LogP contribution is 2.32. The van der Waals surface area contributed by atoms with E-state index in [4.69, 9.17) is 11.6 Å². The zero-order valence-electron chi connectivity index (χ0n) is 13.5. The highest BCUT2D eigenvalue weighted by molar-refractivity contribution is 6.31. The van der Waals surface area contributed by atoms with Crippen molar-refractivity contribution in [2.45, 2.75) is 26.3 Å². The molecule has 0 unspecified atom stereocenters. The summed E-state index contributed by atoms with van der Waals surface area (Å²) in [5.41, 5.74) is 0.793. The number of aryl methyl sites for hydroxylation is 1. The molecule has 25 heavy (non-hydrogen) atoms. The summed E-state index contributed by atoms with van der Waals surface area (Å²) >= 11 is 6.04. The predicted octanol–water partition coefficient (Wildman–Crippen LogP) is 4.87. The van der Waals surface area contributed by atoms with Crippen LogP contribution in [0.25, 0.3) is 10.9 Å². The van der Waals surface area contributed by atoms with Gasteiger partial charge in [0.2, 0.25) is 5.78 Å². The van der Waals surface area contributed by atoms with E-state index in [0.29, 0.717) is 16.6 Å². The van der Waals surface area contributed by atoms with Gasteiger partial charge in [-0.15, -0.1) is 0 Å². The summed E-state index contributed by atoms with van der Waals surface area (Å²) < 4.78 is 43.5. The Morgan fingerprint density at radius 3 is 2.64 bits per heavy atom. The van der Waals surface area contributed by atoms with Crippen molar-refractivity contribution in [3.8, 4) is 0 Å². The molecule has 130 valence electrons. The van der Waals surface area contributed by atoms with E-state index in [1.54, 1.807) is 13.0 Å². The van der Waals surface area contributed by atoms with Gasteiger partial charge in [0.25, 0.3) is 0 Å². The van der Waals surface area contributed by atoms with Crippen LogP contribution >= 0.6 is 11.6 Å². The number of hydrogen-bond donors (Lipinski definition) is 0. The molecule has 0 fully saturated rings. The van der Waals surface area contributed by atoms with Crippen LogP contribution in [0.3, 0.4) is 0 Å². The van der Waals surface area contributed by atoms with E-state index in [1.807, 2.05) is 0 Å². The second kappa shape index (κ2) is 6.19. The Labute approximate surface area is 147 Å². The average molecular weight is 367 g/mol. The van der Waals surface area contributed by atoms with Crippen molar-refractivity contribution in [3.63, 3.8) is 0 Å². The molecule has 0 aliphatic carbocycles. The van der Waals surface area contributed by atoms with Crippen LogP contribution in [0.2, 0.25) is 5.02 Å². The molecule has 1 aromatic heterocycles. The Morgan fingerprint density at radius 2 is 2.00 bits per heavy atom. The summed E-state index contributed by atoms with van der Waals surface area (Å²) in [6.07, 6.45) is 0. The van der Waals surface area contributed by atoms with Crippen molar-refractivity contribution in [1.29, 1.82) is 0 Å². The fraction of sp³-hybridized carbons (Fsp3) is 0.222. The van der Waals surface area contributed by atoms with Gasteiger partial charge in [0.1, 0.15) is 5.82 Å². The van der Waals surface area contributed by atoms with Crippen LogP contribution in [0.15, 0.2) is 36.4 Å². The maximum atomic E-state index is 14.0. The Kier molecular flexibility index (Phi) is 4.33. The number of ketones is 1. The van der Waals surface area contributed by atoms with Crippen LogP contribution in [-0.4, -0.2) is 15.6 Å². The van der Waals surface area contributed by atoms with Gasteiger partial charge in [0.15, 0.2) is 0 Å². The van der Waals surface area contributed by atoms with Gasteiger partial charge in [-0.25, -0.2) is 4.39 Å². The van der Waals surface area contributed by atoms with E-state index in [-0.39, 0.29) is 17.1 Å². The van der Waals surface area contributed by atoms with E-state index >= 15 is 0 Å². The summed E-state index contributed by atoms with van der Waals surface area (Å²) in [5.74, 6) is -5.34. The molecule has 3 nitrogen and oxygen atoms in total. The third-order valence-corrected chi connectivity index (χ3v) is 4.46. The first kappa shape index (κ1) is 17.5. The highest BCUT2D eigenvalue weighted by atomic mass is 35.5. The minimum atomic E-state index is -3.59. The molecule has 0 atom stereocenters. The largest absolute Gasteiger partial charge is 0.330 e. The molecular weight excluding hydrogens is 353 g/mol. The topological polar surface area (TPSA) is 34.9 Å². The Balaban J connectivity index is 2.14. The lowest BCUT2D eigenvalue weighted by Crippen LogP contribution is -2.23. The first-order valence-corrected chi connectivity index (χ1v) is 7.89.